The zero-order chi connectivity index (χ0) is 13.8. The fourth-order valence-corrected chi connectivity index (χ4v) is 1.54. The van der Waals surface area contributed by atoms with E-state index in [0.29, 0.717) is 0 Å². The van der Waals surface area contributed by atoms with Gasteiger partial charge in [0.05, 0.1) is 0 Å². The molecule has 0 radical (unpaired) electrons. The smallest absolute Gasteiger partial charge is 0.362 e. The van der Waals surface area contributed by atoms with Crippen molar-refractivity contribution in [1.82, 2.24) is 9.36 Å². The highest BCUT2D eigenvalue weighted by Gasteiger charge is 2.19. The minimum Gasteiger partial charge on any atom is -0.476 e. The van der Waals surface area contributed by atoms with Crippen LogP contribution in [0.25, 0.3) is 0 Å². The van der Waals surface area contributed by atoms with Gasteiger partial charge in [-0.3, -0.25) is 0 Å². The van der Waals surface area contributed by atoms with Crippen LogP contribution in [0.2, 0.25) is 0 Å². The van der Waals surface area contributed by atoms with E-state index in [1.165, 1.54) is 12.1 Å². The number of anilines is 1. The van der Waals surface area contributed by atoms with Gasteiger partial charge in [-0.05, 0) is 24.3 Å². The van der Waals surface area contributed by atoms with E-state index in [9.17, 15) is 9.18 Å². The molecule has 0 aliphatic carbocycles. The van der Waals surface area contributed by atoms with Gasteiger partial charge in [0.1, 0.15) is 5.82 Å². The average Bonchev–Trinajstić information content (AvgIpc) is 2.78. The lowest BCUT2D eigenvalue weighted by atomic mass is 10.3. The molecule has 1 aromatic heterocycles. The Balaban J connectivity index is 2.22. The topological polar surface area (TPSA) is 111 Å². The molecule has 7 nitrogen and oxygen atoms in total. The number of aromatic nitrogens is 2. The molecule has 98 valence electrons. The Labute approximate surface area is 110 Å². The van der Waals surface area contributed by atoms with Crippen LogP contribution in [0.4, 0.5) is 9.52 Å². The molecule has 0 aliphatic rings. The van der Waals surface area contributed by atoms with Gasteiger partial charge in [-0.1, -0.05) is 5.16 Å². The van der Waals surface area contributed by atoms with Crippen LogP contribution in [0, 0.1) is 5.82 Å². The van der Waals surface area contributed by atoms with Gasteiger partial charge >= 0.3 is 5.97 Å². The Morgan fingerprint density at radius 1 is 1.42 bits per heavy atom. The predicted molar refractivity (Wildman–Crippen MR) is 65.5 cm³/mol. The van der Waals surface area contributed by atoms with E-state index in [0.717, 1.165) is 23.7 Å². The molecule has 0 fully saturated rings. The van der Waals surface area contributed by atoms with Crippen LogP contribution in [-0.4, -0.2) is 26.1 Å². The molecule has 0 bridgehead atoms. The van der Waals surface area contributed by atoms with E-state index in [1.807, 2.05) is 0 Å². The number of carboxylic acid groups (broad SMARTS) is 1. The number of carboxylic acids is 1. The maximum absolute atomic E-state index is 12.7. The summed E-state index contributed by atoms with van der Waals surface area (Å²) < 4.78 is 16.4. The number of hydrogen-bond acceptors (Lipinski definition) is 7. The number of nitrogens with two attached hydrogens (primary N) is 1. The van der Waals surface area contributed by atoms with Gasteiger partial charge in [0.15, 0.2) is 10.9 Å². The molecule has 1 aromatic carbocycles. The molecule has 0 spiro atoms. The van der Waals surface area contributed by atoms with Gasteiger partial charge in [-0.2, -0.15) is 9.36 Å². The Kier molecular flexibility index (Phi) is 3.66. The number of nitrogens with zero attached hydrogens (tertiary/aromatic N) is 3. The van der Waals surface area contributed by atoms with E-state index >= 15 is 0 Å². The van der Waals surface area contributed by atoms with Crippen LogP contribution in [0.3, 0.4) is 0 Å². The van der Waals surface area contributed by atoms with E-state index in [4.69, 9.17) is 15.7 Å². The third kappa shape index (κ3) is 3.22. The minimum absolute atomic E-state index is 0.116. The van der Waals surface area contributed by atoms with Crippen LogP contribution in [0.5, 0.6) is 5.75 Å². The molecule has 0 saturated carbocycles. The number of rotatable bonds is 4. The highest BCUT2D eigenvalue weighted by atomic mass is 32.1. The van der Waals surface area contributed by atoms with Gasteiger partial charge in [0, 0.05) is 11.5 Å². The van der Waals surface area contributed by atoms with Crippen molar-refractivity contribution in [3.63, 3.8) is 0 Å². The molecule has 2 rings (SSSR count). The van der Waals surface area contributed by atoms with Crippen molar-refractivity contribution in [2.24, 2.45) is 5.16 Å². The van der Waals surface area contributed by atoms with Crippen molar-refractivity contribution in [2.45, 2.75) is 0 Å². The molecule has 2 aromatic rings. The molecule has 3 N–H and O–H groups in total. The summed E-state index contributed by atoms with van der Waals surface area (Å²) in [6.07, 6.45) is 0. The standard InChI is InChI=1S/C10H7FN4O3S/c11-5-1-3-6(4-2-5)18-14-7(9(16)17)8-13-10(12)19-15-8/h1-4H,(H,16,17)(H2,12,13,15). The van der Waals surface area contributed by atoms with E-state index in [2.05, 4.69) is 14.5 Å². The summed E-state index contributed by atoms with van der Waals surface area (Å²) in [5, 5.41) is 12.5. The van der Waals surface area contributed by atoms with E-state index in [1.54, 1.807) is 0 Å². The maximum Gasteiger partial charge on any atom is 0.362 e. The molecule has 0 saturated heterocycles. The quantitative estimate of drug-likeness (QED) is 0.642. The first kappa shape index (κ1) is 12.9. The second-order valence-corrected chi connectivity index (χ2v) is 4.03. The molecule has 0 atom stereocenters. The highest BCUT2D eigenvalue weighted by molar-refractivity contribution is 7.09. The molecule has 9 heteroatoms. The molecule has 0 amide bonds. The van der Waals surface area contributed by atoms with Crippen molar-refractivity contribution >= 4 is 28.3 Å². The second kappa shape index (κ2) is 5.40. The Morgan fingerprint density at radius 2 is 2.11 bits per heavy atom. The van der Waals surface area contributed by atoms with Crippen LogP contribution < -0.4 is 10.6 Å². The number of nitrogen functional groups attached to an aromatic ring is 1. The zero-order valence-electron chi connectivity index (χ0n) is 9.28. The number of hydrogen-bond donors (Lipinski definition) is 2. The van der Waals surface area contributed by atoms with Crippen molar-refractivity contribution < 1.29 is 19.1 Å². The summed E-state index contributed by atoms with van der Waals surface area (Å²) in [6, 6.07) is 4.93. The number of oxime groups is 1. The highest BCUT2D eigenvalue weighted by Crippen LogP contribution is 2.12. The average molecular weight is 282 g/mol. The fourth-order valence-electron chi connectivity index (χ4n) is 1.10. The predicted octanol–water partition coefficient (Wildman–Crippen LogP) is 1.13. The third-order valence-electron chi connectivity index (χ3n) is 1.91. The van der Waals surface area contributed by atoms with Gasteiger partial charge in [0.25, 0.3) is 0 Å². The number of halogens is 1. The van der Waals surface area contributed by atoms with Crippen LogP contribution in [-0.2, 0) is 4.79 Å². The van der Waals surface area contributed by atoms with Crippen molar-refractivity contribution in [2.75, 3.05) is 5.73 Å². The molecular weight excluding hydrogens is 275 g/mol. The summed E-state index contributed by atoms with van der Waals surface area (Å²) in [7, 11) is 0. The number of benzene rings is 1. The first-order chi connectivity index (χ1) is 9.06. The molecule has 0 unspecified atom stereocenters. The number of carbonyl (C=O) groups is 1. The lowest BCUT2D eigenvalue weighted by Gasteiger charge is -1.99. The Bertz CT molecular complexity index is 626. The van der Waals surface area contributed by atoms with Crippen molar-refractivity contribution in [3.05, 3.63) is 35.9 Å². The summed E-state index contributed by atoms with van der Waals surface area (Å²) in [5.74, 6) is -1.76. The molecule has 1 heterocycles. The van der Waals surface area contributed by atoms with Gasteiger partial charge in [-0.25, -0.2) is 9.18 Å². The normalized spacial score (nSPS) is 11.3. The van der Waals surface area contributed by atoms with Gasteiger partial charge in [-0.15, -0.1) is 0 Å². The molecule has 19 heavy (non-hydrogen) atoms. The SMILES string of the molecule is Nc1nc(C(=NOc2ccc(F)cc2)C(=O)O)ns1. The molecule has 0 aliphatic heterocycles. The lowest BCUT2D eigenvalue weighted by Crippen LogP contribution is -2.17. The minimum atomic E-state index is -1.36. The summed E-state index contributed by atoms with van der Waals surface area (Å²) >= 11 is 0.841. The van der Waals surface area contributed by atoms with Gasteiger partial charge < -0.3 is 15.7 Å². The largest absolute Gasteiger partial charge is 0.476 e. The van der Waals surface area contributed by atoms with Crippen LogP contribution >= 0.6 is 11.5 Å². The van der Waals surface area contributed by atoms with Crippen molar-refractivity contribution in [1.29, 1.82) is 0 Å². The Morgan fingerprint density at radius 3 is 2.63 bits per heavy atom. The summed E-state index contributed by atoms with van der Waals surface area (Å²) in [6.45, 7) is 0. The van der Waals surface area contributed by atoms with Crippen LogP contribution in [0.1, 0.15) is 5.82 Å². The zero-order valence-corrected chi connectivity index (χ0v) is 10.1. The van der Waals surface area contributed by atoms with E-state index < -0.39 is 17.5 Å². The summed E-state index contributed by atoms with van der Waals surface area (Å²) in [5.41, 5.74) is 4.87. The maximum atomic E-state index is 12.7. The monoisotopic (exact) mass is 282 g/mol. The van der Waals surface area contributed by atoms with E-state index in [-0.39, 0.29) is 16.7 Å². The first-order valence-electron chi connectivity index (χ1n) is 4.89. The Hall–Kier alpha value is -2.55. The lowest BCUT2D eigenvalue weighted by molar-refractivity contribution is -0.129. The fraction of sp³-hybridized carbons (Fsp3) is 0. The summed E-state index contributed by atoms with van der Waals surface area (Å²) in [4.78, 5) is 19.6. The second-order valence-electron chi connectivity index (χ2n) is 3.25. The molecular formula is C10H7FN4O3S. The van der Waals surface area contributed by atoms with Crippen molar-refractivity contribution in [3.8, 4) is 5.75 Å². The van der Waals surface area contributed by atoms with Crippen LogP contribution in [0.15, 0.2) is 29.4 Å². The van der Waals surface area contributed by atoms with Gasteiger partial charge in [0.2, 0.25) is 11.5 Å². The first-order valence-corrected chi connectivity index (χ1v) is 5.67. The number of aliphatic carboxylic acids is 1. The third-order valence-corrected chi connectivity index (χ3v) is 2.45.